The number of hydrogen-bond acceptors (Lipinski definition) is 4. The van der Waals surface area contributed by atoms with Crippen LogP contribution in [-0.4, -0.2) is 22.6 Å². The molecule has 5 heteroatoms. The fraction of sp³-hybridized carbons (Fsp3) is 0.457. The van der Waals surface area contributed by atoms with Crippen LogP contribution in [0.3, 0.4) is 0 Å². The molecule has 0 saturated carbocycles. The van der Waals surface area contributed by atoms with Crippen LogP contribution in [0, 0.1) is 5.41 Å². The summed E-state index contributed by atoms with van der Waals surface area (Å²) < 4.78 is 0. The third-order valence-electron chi connectivity index (χ3n) is 5.60. The summed E-state index contributed by atoms with van der Waals surface area (Å²) in [6.07, 6.45) is 13.6. The zero-order chi connectivity index (χ0) is 31.4. The monoisotopic (exact) mass is 568 g/mol. The Morgan fingerprint density at radius 2 is 1.57 bits per heavy atom. The number of halogens is 1. The van der Waals surface area contributed by atoms with Gasteiger partial charge in [0, 0.05) is 28.6 Å². The number of hydrogen-bond donors (Lipinski definition) is 1. The van der Waals surface area contributed by atoms with Crippen molar-refractivity contribution in [3.8, 4) is 17.0 Å². The maximum absolute atomic E-state index is 10.8. The Kier molecular flexibility index (Phi) is 20.4. The van der Waals surface area contributed by atoms with Gasteiger partial charge in [0.15, 0.2) is 0 Å². The number of rotatable bonds is 7. The molecule has 0 unspecified atom stereocenters. The van der Waals surface area contributed by atoms with Crippen LogP contribution in [-0.2, 0) is 10.2 Å². The normalized spacial score (nSPS) is 10.9. The topological polar surface area (TPSA) is 62.5 Å². The lowest BCUT2D eigenvalue weighted by Crippen LogP contribution is -2.13. The summed E-state index contributed by atoms with van der Waals surface area (Å²) in [4.78, 5) is 17.4. The predicted octanol–water partition coefficient (Wildman–Crippen LogP) is 11.0. The van der Waals surface area contributed by atoms with E-state index in [1.807, 2.05) is 50.3 Å². The standard InChI is InChI=1S/C22H28ClNO.C7H11N.C4H10.C2H4O/c1-7-22(5,6)13-12-18-20(25)17(21(2,3)4)14-19(24-18)15-8-10-16(23)11-9-15;1-4-5-8-6-7(2)3;1-3-4-2;1-2-3/h8-14,25H,7H2,1-6H3;4-6H,1H2,2-3H3;3-4H2,1-2H3;2H,1H3/b13-12+;;;. The van der Waals surface area contributed by atoms with Crippen LogP contribution in [0.15, 0.2) is 65.8 Å². The smallest absolute Gasteiger partial charge is 0.144 e. The van der Waals surface area contributed by atoms with E-state index in [9.17, 15) is 5.11 Å². The van der Waals surface area contributed by atoms with E-state index in [1.54, 1.807) is 18.5 Å². The van der Waals surface area contributed by atoms with Gasteiger partial charge in [-0.25, -0.2) is 4.98 Å². The highest BCUT2D eigenvalue weighted by molar-refractivity contribution is 6.30. The van der Waals surface area contributed by atoms with Crippen LogP contribution in [0.5, 0.6) is 5.75 Å². The second-order valence-electron chi connectivity index (χ2n) is 11.2. The maximum Gasteiger partial charge on any atom is 0.144 e. The fourth-order valence-electron chi connectivity index (χ4n) is 2.69. The third kappa shape index (κ3) is 17.6. The molecule has 0 saturated heterocycles. The molecule has 222 valence electrons. The van der Waals surface area contributed by atoms with Crippen molar-refractivity contribution >= 4 is 30.2 Å². The Bertz CT molecular complexity index is 1080. The Morgan fingerprint density at radius 3 is 1.98 bits per heavy atom. The SMILES string of the molecule is C=CC=NC=C(C)C.CC=O.CCC(C)(C)/C=C/c1nc(-c2ccc(Cl)cc2)cc(C(C)(C)C)c1O.CCCC. The first kappa shape index (κ1) is 39.2. The van der Waals surface area contributed by atoms with Crippen molar-refractivity contribution in [2.45, 2.75) is 101 Å². The van der Waals surface area contributed by atoms with Gasteiger partial charge in [-0.3, -0.25) is 4.99 Å². The number of nitrogens with zero attached hydrogens (tertiary/aromatic N) is 2. The molecule has 1 N–H and O–H groups in total. The van der Waals surface area contributed by atoms with E-state index in [2.05, 4.69) is 73.0 Å². The number of aldehydes is 1. The van der Waals surface area contributed by atoms with Crippen molar-refractivity contribution in [1.82, 2.24) is 4.98 Å². The largest absolute Gasteiger partial charge is 0.505 e. The lowest BCUT2D eigenvalue weighted by molar-refractivity contribution is -0.106. The molecule has 1 aromatic heterocycles. The number of aliphatic imine (C=N–C) groups is 1. The summed E-state index contributed by atoms with van der Waals surface area (Å²) >= 11 is 6.00. The van der Waals surface area contributed by atoms with Crippen LogP contribution < -0.4 is 0 Å². The van der Waals surface area contributed by atoms with Gasteiger partial charge >= 0.3 is 0 Å². The molecule has 2 rings (SSSR count). The van der Waals surface area contributed by atoms with Crippen LogP contribution in [0.1, 0.15) is 107 Å². The van der Waals surface area contributed by atoms with Crippen LogP contribution in [0.4, 0.5) is 0 Å². The molecule has 4 nitrogen and oxygen atoms in total. The van der Waals surface area contributed by atoms with E-state index < -0.39 is 0 Å². The van der Waals surface area contributed by atoms with Gasteiger partial charge in [-0.15, -0.1) is 0 Å². The summed E-state index contributed by atoms with van der Waals surface area (Å²) in [5.74, 6) is 0.258. The predicted molar refractivity (Wildman–Crippen MR) is 179 cm³/mol. The van der Waals surface area contributed by atoms with Crippen molar-refractivity contribution in [3.63, 3.8) is 0 Å². The van der Waals surface area contributed by atoms with Crippen molar-refractivity contribution in [1.29, 1.82) is 0 Å². The van der Waals surface area contributed by atoms with E-state index in [4.69, 9.17) is 21.4 Å². The van der Waals surface area contributed by atoms with Crippen molar-refractivity contribution < 1.29 is 9.90 Å². The Morgan fingerprint density at radius 1 is 1.05 bits per heavy atom. The minimum atomic E-state index is -0.183. The second-order valence-corrected chi connectivity index (χ2v) is 11.6. The first-order valence-corrected chi connectivity index (χ1v) is 14.4. The summed E-state index contributed by atoms with van der Waals surface area (Å²) in [6, 6.07) is 9.60. The molecule has 2 aromatic rings. The number of carbonyl (C=O) groups excluding carboxylic acids is 1. The molecule has 0 aliphatic carbocycles. The van der Waals surface area contributed by atoms with Crippen LogP contribution in [0.2, 0.25) is 5.02 Å². The van der Waals surface area contributed by atoms with Gasteiger partial charge in [0.2, 0.25) is 0 Å². The number of carbonyl (C=O) groups is 1. The van der Waals surface area contributed by atoms with Crippen LogP contribution >= 0.6 is 11.6 Å². The average molecular weight is 569 g/mol. The summed E-state index contributed by atoms with van der Waals surface area (Å²) in [5.41, 5.74) is 4.40. The van der Waals surface area contributed by atoms with E-state index in [0.29, 0.717) is 10.7 Å². The highest BCUT2D eigenvalue weighted by atomic mass is 35.5. The minimum Gasteiger partial charge on any atom is -0.505 e. The molecular weight excluding hydrogens is 516 g/mol. The van der Waals surface area contributed by atoms with Gasteiger partial charge < -0.3 is 9.90 Å². The number of aromatic hydroxyl groups is 1. The minimum absolute atomic E-state index is 0.0618. The van der Waals surface area contributed by atoms with Crippen molar-refractivity contribution in [2.24, 2.45) is 10.4 Å². The Hall–Kier alpha value is -2.98. The Balaban J connectivity index is 0. The zero-order valence-corrected chi connectivity index (χ0v) is 27.6. The highest BCUT2D eigenvalue weighted by Crippen LogP contribution is 2.37. The molecule has 1 heterocycles. The molecule has 0 radical (unpaired) electrons. The molecule has 0 bridgehead atoms. The number of benzene rings is 1. The molecule has 0 fully saturated rings. The van der Waals surface area contributed by atoms with E-state index in [-0.39, 0.29) is 16.6 Å². The number of allylic oxidation sites excluding steroid dienone is 3. The quantitative estimate of drug-likeness (QED) is 0.267. The first-order valence-electron chi connectivity index (χ1n) is 14.0. The van der Waals surface area contributed by atoms with Gasteiger partial charge in [0.05, 0.1) is 5.69 Å². The van der Waals surface area contributed by atoms with Crippen LogP contribution in [0.25, 0.3) is 17.3 Å². The lowest BCUT2D eigenvalue weighted by atomic mass is 9.84. The molecule has 0 aliphatic heterocycles. The molecule has 1 aromatic carbocycles. The van der Waals surface area contributed by atoms with E-state index in [1.165, 1.54) is 25.3 Å². The van der Waals surface area contributed by atoms with Gasteiger partial charge in [-0.1, -0.05) is 116 Å². The third-order valence-corrected chi connectivity index (χ3v) is 5.85. The Labute approximate surface area is 250 Å². The molecule has 0 amide bonds. The van der Waals surface area contributed by atoms with Gasteiger partial charge in [0.25, 0.3) is 0 Å². The summed E-state index contributed by atoms with van der Waals surface area (Å²) in [5, 5.41) is 11.5. The maximum atomic E-state index is 10.8. The second kappa shape index (κ2) is 20.9. The first-order chi connectivity index (χ1) is 18.6. The lowest BCUT2D eigenvalue weighted by Gasteiger charge is -2.23. The van der Waals surface area contributed by atoms with E-state index >= 15 is 0 Å². The molecule has 0 atom stereocenters. The van der Waals surface area contributed by atoms with Gasteiger partial charge in [0.1, 0.15) is 17.7 Å². The summed E-state index contributed by atoms with van der Waals surface area (Å²) in [7, 11) is 0. The number of aromatic nitrogens is 1. The zero-order valence-electron chi connectivity index (χ0n) is 26.8. The average Bonchev–Trinajstić information content (AvgIpc) is 2.89. The molecule has 40 heavy (non-hydrogen) atoms. The molecular formula is C35H53ClN2O2. The number of unbranched alkanes of at least 4 members (excludes halogenated alkanes) is 1. The summed E-state index contributed by atoms with van der Waals surface area (Å²) in [6.45, 7) is 26.1. The van der Waals surface area contributed by atoms with Gasteiger partial charge in [-0.05, 0) is 62.3 Å². The van der Waals surface area contributed by atoms with Gasteiger partial charge in [-0.2, -0.15) is 0 Å². The molecule has 0 spiro atoms. The van der Waals surface area contributed by atoms with E-state index in [0.717, 1.165) is 29.5 Å². The number of pyridine rings is 1. The molecule has 0 aliphatic rings. The fourth-order valence-corrected chi connectivity index (χ4v) is 2.82. The van der Waals surface area contributed by atoms with Crippen molar-refractivity contribution in [3.05, 3.63) is 77.1 Å². The highest BCUT2D eigenvalue weighted by Gasteiger charge is 2.22. The van der Waals surface area contributed by atoms with Crippen molar-refractivity contribution in [2.75, 3.05) is 0 Å².